The minimum absolute atomic E-state index is 0.282. The summed E-state index contributed by atoms with van der Waals surface area (Å²) in [5.74, 6) is -0.931. The van der Waals surface area contributed by atoms with Gasteiger partial charge in [-0.1, -0.05) is 15.9 Å². The monoisotopic (exact) mass is 244 g/mol. The second-order valence-electron chi connectivity index (χ2n) is 2.54. The van der Waals surface area contributed by atoms with Crippen molar-refractivity contribution in [2.24, 2.45) is 0 Å². The molecule has 0 atom stereocenters. The maximum atomic E-state index is 10.7. The number of rotatable bonds is 3. The minimum Gasteiger partial charge on any atom is -0.478 e. The zero-order chi connectivity index (χ0) is 9.84. The molecule has 0 saturated heterocycles. The number of hydrogen-bond acceptors (Lipinski definition) is 2. The molecule has 3 nitrogen and oxygen atoms in total. The molecule has 13 heavy (non-hydrogen) atoms. The topological polar surface area (TPSA) is 46.5 Å². The average Bonchev–Trinajstić information content (AvgIpc) is 2.04. The molecule has 1 N–H and O–H groups in total. The van der Waals surface area contributed by atoms with Gasteiger partial charge >= 0.3 is 5.97 Å². The fourth-order valence-electron chi connectivity index (χ4n) is 1.05. The lowest BCUT2D eigenvalue weighted by Gasteiger charge is -2.04. The van der Waals surface area contributed by atoms with Crippen LogP contribution in [0.15, 0.2) is 22.7 Å². The Kier molecular flexibility index (Phi) is 3.45. The van der Waals surface area contributed by atoms with E-state index >= 15 is 0 Å². The van der Waals surface area contributed by atoms with Crippen LogP contribution in [0.3, 0.4) is 0 Å². The molecule has 0 radical (unpaired) electrons. The van der Waals surface area contributed by atoms with Crippen LogP contribution in [0.5, 0.6) is 0 Å². The summed E-state index contributed by atoms with van der Waals surface area (Å²) < 4.78 is 5.74. The first-order valence-electron chi connectivity index (χ1n) is 3.66. The first-order chi connectivity index (χ1) is 6.15. The van der Waals surface area contributed by atoms with Gasteiger partial charge in [0.05, 0.1) is 12.2 Å². The third-order valence-corrected chi connectivity index (χ3v) is 2.09. The van der Waals surface area contributed by atoms with Gasteiger partial charge in [-0.05, 0) is 23.8 Å². The first kappa shape index (κ1) is 10.2. The van der Waals surface area contributed by atoms with Crippen LogP contribution in [0, 0.1) is 0 Å². The second kappa shape index (κ2) is 4.39. The van der Waals surface area contributed by atoms with Crippen LogP contribution in [0.4, 0.5) is 0 Å². The normalized spacial score (nSPS) is 10.0. The summed E-state index contributed by atoms with van der Waals surface area (Å²) in [6, 6.07) is 5.00. The summed E-state index contributed by atoms with van der Waals surface area (Å²) in [5, 5.41) is 8.81. The quantitative estimate of drug-likeness (QED) is 0.888. The van der Waals surface area contributed by atoms with Gasteiger partial charge in [0.2, 0.25) is 0 Å². The summed E-state index contributed by atoms with van der Waals surface area (Å²) >= 11 is 3.27. The van der Waals surface area contributed by atoms with Gasteiger partial charge < -0.3 is 9.84 Å². The van der Waals surface area contributed by atoms with Crippen molar-refractivity contribution in [1.82, 2.24) is 0 Å². The van der Waals surface area contributed by atoms with E-state index in [2.05, 4.69) is 15.9 Å². The van der Waals surface area contributed by atoms with Crippen LogP contribution in [-0.4, -0.2) is 18.2 Å². The van der Waals surface area contributed by atoms with Crippen molar-refractivity contribution in [3.63, 3.8) is 0 Å². The molecule has 0 aromatic heterocycles. The summed E-state index contributed by atoms with van der Waals surface area (Å²) in [4.78, 5) is 10.7. The fraction of sp³-hybridized carbons (Fsp3) is 0.222. The third-order valence-electron chi connectivity index (χ3n) is 1.60. The van der Waals surface area contributed by atoms with E-state index in [1.807, 2.05) is 0 Å². The van der Waals surface area contributed by atoms with Crippen molar-refractivity contribution in [1.29, 1.82) is 0 Å². The highest BCUT2D eigenvalue weighted by Crippen LogP contribution is 2.17. The molecule has 1 rings (SSSR count). The molecule has 0 saturated carbocycles. The summed E-state index contributed by atoms with van der Waals surface area (Å²) in [6.07, 6.45) is 0. The number of carbonyl (C=O) groups is 1. The molecule has 0 bridgehead atoms. The number of carboxylic acid groups (broad SMARTS) is 1. The number of carboxylic acids is 1. The first-order valence-corrected chi connectivity index (χ1v) is 4.45. The molecular formula is C9H9BrO3. The third kappa shape index (κ3) is 2.54. The highest BCUT2D eigenvalue weighted by Gasteiger charge is 2.09. The second-order valence-corrected chi connectivity index (χ2v) is 3.46. The van der Waals surface area contributed by atoms with Gasteiger partial charge in [0.1, 0.15) is 0 Å². The van der Waals surface area contributed by atoms with E-state index in [1.54, 1.807) is 18.2 Å². The van der Waals surface area contributed by atoms with Crippen molar-refractivity contribution < 1.29 is 14.6 Å². The zero-order valence-electron chi connectivity index (χ0n) is 7.08. The van der Waals surface area contributed by atoms with Crippen LogP contribution >= 0.6 is 15.9 Å². The van der Waals surface area contributed by atoms with Crippen LogP contribution in [0.25, 0.3) is 0 Å². The number of aromatic carboxylic acids is 1. The van der Waals surface area contributed by atoms with E-state index in [4.69, 9.17) is 9.84 Å². The molecule has 0 aliphatic rings. The molecule has 0 aliphatic carbocycles. The molecule has 0 heterocycles. The molecular weight excluding hydrogens is 236 g/mol. The van der Waals surface area contributed by atoms with E-state index in [0.29, 0.717) is 12.2 Å². The van der Waals surface area contributed by atoms with Gasteiger partial charge in [0.25, 0.3) is 0 Å². The fourth-order valence-corrected chi connectivity index (χ4v) is 1.45. The van der Waals surface area contributed by atoms with Crippen molar-refractivity contribution in [2.75, 3.05) is 7.11 Å². The van der Waals surface area contributed by atoms with Gasteiger partial charge in [-0.15, -0.1) is 0 Å². The molecule has 0 amide bonds. The number of benzene rings is 1. The van der Waals surface area contributed by atoms with Crippen molar-refractivity contribution in [3.05, 3.63) is 33.8 Å². The van der Waals surface area contributed by atoms with E-state index in [-0.39, 0.29) is 5.56 Å². The van der Waals surface area contributed by atoms with Gasteiger partial charge in [-0.3, -0.25) is 0 Å². The highest BCUT2D eigenvalue weighted by atomic mass is 79.9. The molecule has 1 aromatic rings. The Labute approximate surface area is 84.5 Å². The Hall–Kier alpha value is -0.870. The highest BCUT2D eigenvalue weighted by molar-refractivity contribution is 9.10. The van der Waals surface area contributed by atoms with E-state index in [1.165, 1.54) is 7.11 Å². The lowest BCUT2D eigenvalue weighted by Crippen LogP contribution is -2.03. The molecule has 0 spiro atoms. The van der Waals surface area contributed by atoms with Crippen LogP contribution in [0.1, 0.15) is 15.9 Å². The Bertz CT molecular complexity index is 323. The SMILES string of the molecule is COCc1cc(Br)ccc1C(=O)O. The summed E-state index contributed by atoms with van der Waals surface area (Å²) in [5.41, 5.74) is 0.953. The van der Waals surface area contributed by atoms with Crippen molar-refractivity contribution >= 4 is 21.9 Å². The van der Waals surface area contributed by atoms with Gasteiger partial charge in [0.15, 0.2) is 0 Å². The number of ether oxygens (including phenoxy) is 1. The molecule has 0 aliphatic heterocycles. The predicted octanol–water partition coefficient (Wildman–Crippen LogP) is 2.29. The van der Waals surface area contributed by atoms with Gasteiger partial charge in [-0.2, -0.15) is 0 Å². The predicted molar refractivity (Wildman–Crippen MR) is 51.8 cm³/mol. The Morgan fingerprint density at radius 1 is 1.62 bits per heavy atom. The van der Waals surface area contributed by atoms with Crippen molar-refractivity contribution in [2.45, 2.75) is 6.61 Å². The summed E-state index contributed by atoms with van der Waals surface area (Å²) in [6.45, 7) is 0.307. The zero-order valence-corrected chi connectivity index (χ0v) is 8.67. The smallest absolute Gasteiger partial charge is 0.336 e. The van der Waals surface area contributed by atoms with Crippen LogP contribution in [-0.2, 0) is 11.3 Å². The molecule has 0 fully saturated rings. The Balaban J connectivity index is 3.10. The maximum absolute atomic E-state index is 10.7. The Morgan fingerprint density at radius 3 is 2.85 bits per heavy atom. The van der Waals surface area contributed by atoms with Crippen LogP contribution in [0.2, 0.25) is 0 Å². The summed E-state index contributed by atoms with van der Waals surface area (Å²) in [7, 11) is 1.53. The van der Waals surface area contributed by atoms with Crippen LogP contribution < -0.4 is 0 Å². The number of hydrogen-bond donors (Lipinski definition) is 1. The van der Waals surface area contributed by atoms with E-state index < -0.39 is 5.97 Å². The average molecular weight is 245 g/mol. The minimum atomic E-state index is -0.931. The van der Waals surface area contributed by atoms with Gasteiger partial charge in [0, 0.05) is 11.6 Å². The molecule has 0 unspecified atom stereocenters. The number of halogens is 1. The van der Waals surface area contributed by atoms with E-state index in [0.717, 1.165) is 4.47 Å². The molecule has 4 heteroatoms. The molecule has 1 aromatic carbocycles. The molecule has 70 valence electrons. The Morgan fingerprint density at radius 2 is 2.31 bits per heavy atom. The lowest BCUT2D eigenvalue weighted by atomic mass is 10.1. The lowest BCUT2D eigenvalue weighted by molar-refractivity contribution is 0.0692. The maximum Gasteiger partial charge on any atom is 0.336 e. The standard InChI is InChI=1S/C9H9BrO3/c1-13-5-6-4-7(10)2-3-8(6)9(11)12/h2-4H,5H2,1H3,(H,11,12). The van der Waals surface area contributed by atoms with Crippen molar-refractivity contribution in [3.8, 4) is 0 Å². The van der Waals surface area contributed by atoms with E-state index in [9.17, 15) is 4.79 Å². The van der Waals surface area contributed by atoms with Gasteiger partial charge in [-0.25, -0.2) is 4.79 Å². The number of methoxy groups -OCH3 is 1. The largest absolute Gasteiger partial charge is 0.478 e.